The molecule has 0 heterocycles. The van der Waals surface area contributed by atoms with Crippen LogP contribution in [0.1, 0.15) is 24.0 Å². The molecule has 0 unspecified atom stereocenters. The first-order valence-corrected chi connectivity index (χ1v) is 7.13. The summed E-state index contributed by atoms with van der Waals surface area (Å²) in [5, 5.41) is 0. The Morgan fingerprint density at radius 3 is 1.36 bits per heavy atom. The zero-order valence-corrected chi connectivity index (χ0v) is 12.2. The van der Waals surface area contributed by atoms with E-state index in [4.69, 9.17) is 9.47 Å². The Morgan fingerprint density at radius 2 is 1.00 bits per heavy atom. The van der Waals surface area contributed by atoms with Crippen molar-refractivity contribution in [2.45, 2.75) is 26.1 Å². The number of hydrogen-bond acceptors (Lipinski definition) is 4. The van der Waals surface area contributed by atoms with Crippen LogP contribution in [-0.4, -0.2) is 11.9 Å². The van der Waals surface area contributed by atoms with Crippen molar-refractivity contribution in [3.05, 3.63) is 71.8 Å². The molecule has 0 radical (unpaired) electrons. The molecular formula is C18H18O4. The standard InChI is InChI=1S/C18H18O4/c19-17(21-13-15-7-3-1-4-8-15)11-12-18(20)22-14-16-9-5-2-6-10-16/h1-10H,11-14H2. The lowest BCUT2D eigenvalue weighted by atomic mass is 10.2. The van der Waals surface area contributed by atoms with Crippen molar-refractivity contribution in [3.63, 3.8) is 0 Å². The average Bonchev–Trinajstić information content (AvgIpc) is 2.58. The molecular weight excluding hydrogens is 280 g/mol. The van der Waals surface area contributed by atoms with Crippen molar-refractivity contribution < 1.29 is 19.1 Å². The van der Waals surface area contributed by atoms with Crippen molar-refractivity contribution in [2.75, 3.05) is 0 Å². The molecule has 2 aromatic carbocycles. The lowest BCUT2D eigenvalue weighted by molar-refractivity contribution is -0.151. The number of carbonyl (C=O) groups is 2. The van der Waals surface area contributed by atoms with Gasteiger partial charge in [-0.25, -0.2) is 0 Å². The molecule has 22 heavy (non-hydrogen) atoms. The van der Waals surface area contributed by atoms with Gasteiger partial charge in [-0.15, -0.1) is 0 Å². The normalized spacial score (nSPS) is 10.0. The first-order valence-electron chi connectivity index (χ1n) is 7.13. The van der Waals surface area contributed by atoms with Crippen LogP contribution in [0.15, 0.2) is 60.7 Å². The van der Waals surface area contributed by atoms with E-state index in [1.165, 1.54) is 0 Å². The SMILES string of the molecule is O=C(CCC(=O)OCc1ccccc1)OCc1ccccc1. The quantitative estimate of drug-likeness (QED) is 0.736. The van der Waals surface area contributed by atoms with E-state index in [0.717, 1.165) is 11.1 Å². The first-order chi connectivity index (χ1) is 10.7. The molecule has 4 heteroatoms. The molecule has 0 spiro atoms. The number of ether oxygens (including phenoxy) is 2. The Bertz CT molecular complexity index is 537. The molecule has 0 aliphatic rings. The van der Waals surface area contributed by atoms with Crippen LogP contribution >= 0.6 is 0 Å². The highest BCUT2D eigenvalue weighted by Gasteiger charge is 2.09. The topological polar surface area (TPSA) is 52.6 Å². The van der Waals surface area contributed by atoms with Crippen LogP contribution < -0.4 is 0 Å². The minimum Gasteiger partial charge on any atom is -0.461 e. The Hall–Kier alpha value is -2.62. The molecule has 0 amide bonds. The van der Waals surface area contributed by atoms with Crippen molar-refractivity contribution in [1.82, 2.24) is 0 Å². The maximum Gasteiger partial charge on any atom is 0.306 e. The first kappa shape index (κ1) is 15.8. The Labute approximate surface area is 129 Å². The average molecular weight is 298 g/mol. The minimum atomic E-state index is -0.402. The molecule has 0 aliphatic carbocycles. The number of carbonyl (C=O) groups excluding carboxylic acids is 2. The predicted molar refractivity (Wildman–Crippen MR) is 81.7 cm³/mol. The number of hydrogen-bond donors (Lipinski definition) is 0. The second-order valence-electron chi connectivity index (χ2n) is 4.79. The van der Waals surface area contributed by atoms with Gasteiger partial charge in [0.2, 0.25) is 0 Å². The van der Waals surface area contributed by atoms with Crippen LogP contribution in [0.2, 0.25) is 0 Å². The van der Waals surface area contributed by atoms with Gasteiger partial charge in [0.1, 0.15) is 13.2 Å². The van der Waals surface area contributed by atoms with Gasteiger partial charge in [-0.05, 0) is 11.1 Å². The van der Waals surface area contributed by atoms with Gasteiger partial charge in [-0.2, -0.15) is 0 Å². The zero-order valence-electron chi connectivity index (χ0n) is 12.2. The van der Waals surface area contributed by atoms with Gasteiger partial charge >= 0.3 is 11.9 Å². The predicted octanol–water partition coefficient (Wildman–Crippen LogP) is 3.25. The molecule has 0 aromatic heterocycles. The second-order valence-corrected chi connectivity index (χ2v) is 4.79. The molecule has 114 valence electrons. The van der Waals surface area contributed by atoms with Crippen LogP contribution in [0.3, 0.4) is 0 Å². The minimum absolute atomic E-state index is 0.0282. The van der Waals surface area contributed by atoms with Gasteiger partial charge in [-0.1, -0.05) is 60.7 Å². The fourth-order valence-corrected chi connectivity index (χ4v) is 1.82. The third kappa shape index (κ3) is 5.79. The van der Waals surface area contributed by atoms with Crippen molar-refractivity contribution in [3.8, 4) is 0 Å². The van der Waals surface area contributed by atoms with Gasteiger partial charge in [0, 0.05) is 0 Å². The number of rotatable bonds is 7. The van der Waals surface area contributed by atoms with Crippen molar-refractivity contribution in [1.29, 1.82) is 0 Å². The van der Waals surface area contributed by atoms with Crippen LogP contribution in [0.4, 0.5) is 0 Å². The van der Waals surface area contributed by atoms with Gasteiger partial charge in [0.25, 0.3) is 0 Å². The monoisotopic (exact) mass is 298 g/mol. The highest BCUT2D eigenvalue weighted by molar-refractivity contribution is 5.77. The van der Waals surface area contributed by atoms with E-state index in [1.54, 1.807) is 0 Å². The number of esters is 2. The summed E-state index contributed by atoms with van der Waals surface area (Å²) in [6, 6.07) is 18.8. The lowest BCUT2D eigenvalue weighted by Crippen LogP contribution is -2.10. The summed E-state index contributed by atoms with van der Waals surface area (Å²) in [6.45, 7) is 0.442. The van der Waals surface area contributed by atoms with E-state index < -0.39 is 11.9 Å². The maximum atomic E-state index is 11.6. The van der Waals surface area contributed by atoms with Gasteiger partial charge in [0.15, 0.2) is 0 Å². The van der Waals surface area contributed by atoms with Crippen LogP contribution in [0, 0.1) is 0 Å². The maximum absolute atomic E-state index is 11.6. The molecule has 2 aromatic rings. The van der Waals surface area contributed by atoms with E-state index in [9.17, 15) is 9.59 Å². The molecule has 0 saturated carbocycles. The third-order valence-electron chi connectivity index (χ3n) is 3.02. The smallest absolute Gasteiger partial charge is 0.306 e. The van der Waals surface area contributed by atoms with Crippen LogP contribution in [0.5, 0.6) is 0 Å². The Morgan fingerprint density at radius 1 is 0.636 bits per heavy atom. The fraction of sp³-hybridized carbons (Fsp3) is 0.222. The van der Waals surface area contributed by atoms with Crippen molar-refractivity contribution in [2.24, 2.45) is 0 Å². The van der Waals surface area contributed by atoms with Gasteiger partial charge < -0.3 is 9.47 Å². The molecule has 0 atom stereocenters. The Balaban J connectivity index is 1.62. The third-order valence-corrected chi connectivity index (χ3v) is 3.02. The van der Waals surface area contributed by atoms with Crippen LogP contribution in [0.25, 0.3) is 0 Å². The second kappa shape index (κ2) is 8.62. The summed E-state index contributed by atoms with van der Waals surface area (Å²) in [7, 11) is 0. The summed E-state index contributed by atoms with van der Waals surface area (Å²) in [5.74, 6) is -0.805. The fourth-order valence-electron chi connectivity index (χ4n) is 1.82. The highest BCUT2D eigenvalue weighted by Crippen LogP contribution is 2.05. The Kier molecular flexibility index (Phi) is 6.18. The zero-order chi connectivity index (χ0) is 15.6. The lowest BCUT2D eigenvalue weighted by Gasteiger charge is -2.06. The van der Waals surface area contributed by atoms with Crippen LogP contribution in [-0.2, 0) is 32.3 Å². The summed E-state index contributed by atoms with van der Waals surface area (Å²) in [5.41, 5.74) is 1.84. The van der Waals surface area contributed by atoms with E-state index in [2.05, 4.69) is 0 Å². The largest absolute Gasteiger partial charge is 0.461 e. The molecule has 0 fully saturated rings. The highest BCUT2D eigenvalue weighted by atomic mass is 16.5. The molecule has 0 saturated heterocycles. The molecule has 2 rings (SSSR count). The molecule has 0 bridgehead atoms. The molecule has 0 N–H and O–H groups in total. The van der Waals surface area contributed by atoms with E-state index in [1.807, 2.05) is 60.7 Å². The van der Waals surface area contributed by atoms with Gasteiger partial charge in [0.05, 0.1) is 12.8 Å². The van der Waals surface area contributed by atoms with E-state index in [-0.39, 0.29) is 26.1 Å². The summed E-state index contributed by atoms with van der Waals surface area (Å²) in [6.07, 6.45) is 0.0565. The van der Waals surface area contributed by atoms with E-state index >= 15 is 0 Å². The summed E-state index contributed by atoms with van der Waals surface area (Å²) < 4.78 is 10.2. The van der Waals surface area contributed by atoms with E-state index in [0.29, 0.717) is 0 Å². The summed E-state index contributed by atoms with van der Waals surface area (Å²) in [4.78, 5) is 23.1. The van der Waals surface area contributed by atoms with Gasteiger partial charge in [-0.3, -0.25) is 9.59 Å². The van der Waals surface area contributed by atoms with Crippen molar-refractivity contribution >= 4 is 11.9 Å². The molecule has 0 aliphatic heterocycles. The number of benzene rings is 2. The summed E-state index contributed by atoms with van der Waals surface area (Å²) >= 11 is 0. The molecule has 4 nitrogen and oxygen atoms in total.